The van der Waals surface area contributed by atoms with Gasteiger partial charge in [-0.05, 0) is 69.8 Å². The quantitative estimate of drug-likeness (QED) is 0.0398. The number of halogens is 1. The monoisotopic (exact) mass is 1240 g/mol. The number of hydrogen-bond donors (Lipinski definition) is 9. The number of nitrogens with one attached hydrogen (secondary N) is 3. The summed E-state index contributed by atoms with van der Waals surface area (Å²) in [5, 5.41) is 58.8. The second kappa shape index (κ2) is 32.3. The highest BCUT2D eigenvalue weighted by molar-refractivity contribution is 9.10. The molecular weight excluding hydrogens is 1150 g/mol. The number of rotatable bonds is 30. The Kier molecular flexibility index (Phi) is 27.0. The van der Waals surface area contributed by atoms with Gasteiger partial charge in [0.05, 0.1) is 53.3 Å². The van der Waals surface area contributed by atoms with Crippen LogP contribution in [0.15, 0.2) is 46.9 Å². The Hall–Kier alpha value is -6.04. The van der Waals surface area contributed by atoms with Gasteiger partial charge in [-0.3, -0.25) is 28.9 Å². The molecule has 0 spiro atoms. The zero-order chi connectivity index (χ0) is 62.2. The summed E-state index contributed by atoms with van der Waals surface area (Å²) in [7, 11) is 5.82. The van der Waals surface area contributed by atoms with Crippen LogP contribution in [0.5, 0.6) is 5.75 Å². The van der Waals surface area contributed by atoms with Gasteiger partial charge >= 0.3 is 18.0 Å². The molecule has 83 heavy (non-hydrogen) atoms. The van der Waals surface area contributed by atoms with Gasteiger partial charge in [-0.1, -0.05) is 85.2 Å². The number of carbonyl (C=O) groups is 8. The molecular formula is C56H84BrN7O19. The van der Waals surface area contributed by atoms with Crippen molar-refractivity contribution >= 4 is 63.5 Å². The molecule has 2 saturated heterocycles. The van der Waals surface area contributed by atoms with Crippen molar-refractivity contribution in [2.75, 3.05) is 48.0 Å². The van der Waals surface area contributed by atoms with Gasteiger partial charge < -0.3 is 79.8 Å². The molecule has 0 radical (unpaired) electrons. The number of carboxylic acids is 2. The molecule has 2 fully saturated rings. The standard InChI is InChI=1S/C56H84BrN7O19/c1-12-30(6)42(38(78-10)26-39(65)64-21-16-19-37(64)46(79-11)31(7)49(69)60-36(53(73)74)25-32-17-14-13-15-18-32)62(8)52(72)40(28(2)3)61-51(71)41(29(4)5)63(9)56(77)80-27-33-23-34(50(70)59-20-22-81-58)47(35(57)24-33)82-55-45(68)43(66)44(67)48(83-55)54(75)76/h13-15,17-18,23-24,28-31,36-38,40-46,48,55,66-68H,12,16,19-22,25-27,58H2,1-11H3,(H,59,70)(H,60,69)(H,61,71)(H,73,74)(H,75,76)/t30?,31-,36?,37+,38-,40+,41+,42+,43+,44+,45-,46-,48+,55-/m1/s1. The Balaban J connectivity index is 1.50. The largest absolute Gasteiger partial charge is 0.480 e. The number of methoxy groups -OCH3 is 2. The highest BCUT2D eigenvalue weighted by atomic mass is 79.9. The first-order valence-corrected chi connectivity index (χ1v) is 28.3. The summed E-state index contributed by atoms with van der Waals surface area (Å²) < 4.78 is 28.6. The second-order valence-electron chi connectivity index (χ2n) is 21.7. The van der Waals surface area contributed by atoms with E-state index in [9.17, 15) is 63.9 Å². The number of amides is 6. The van der Waals surface area contributed by atoms with Crippen LogP contribution in [0.4, 0.5) is 4.79 Å². The van der Waals surface area contributed by atoms with E-state index in [1.165, 1.54) is 38.3 Å². The summed E-state index contributed by atoms with van der Waals surface area (Å²) in [5.41, 5.74) is 0.684. The Bertz CT molecular complexity index is 2530. The van der Waals surface area contributed by atoms with Crippen molar-refractivity contribution in [1.29, 1.82) is 0 Å². The molecule has 0 aliphatic carbocycles. The molecule has 2 aliphatic rings. The summed E-state index contributed by atoms with van der Waals surface area (Å²) in [4.78, 5) is 117. The number of ether oxygens (including phenoxy) is 5. The Morgan fingerprint density at radius 3 is 2.08 bits per heavy atom. The van der Waals surface area contributed by atoms with Crippen molar-refractivity contribution in [3.8, 4) is 5.75 Å². The van der Waals surface area contributed by atoms with Gasteiger partial charge in [0.2, 0.25) is 29.9 Å². The molecule has 2 heterocycles. The van der Waals surface area contributed by atoms with Crippen LogP contribution in [-0.4, -0.2) is 209 Å². The van der Waals surface area contributed by atoms with Gasteiger partial charge in [0.15, 0.2) is 6.10 Å². The molecule has 2 aromatic rings. The first-order valence-electron chi connectivity index (χ1n) is 27.6. The van der Waals surface area contributed by atoms with Gasteiger partial charge in [0, 0.05) is 47.8 Å². The van der Waals surface area contributed by atoms with Crippen LogP contribution in [-0.2, 0) is 65.6 Å². The Morgan fingerprint density at radius 2 is 1.52 bits per heavy atom. The van der Waals surface area contributed by atoms with Crippen molar-refractivity contribution in [3.05, 3.63) is 63.6 Å². The zero-order valence-electron chi connectivity index (χ0n) is 48.9. The third-order valence-corrected chi connectivity index (χ3v) is 15.8. The lowest BCUT2D eigenvalue weighted by atomic mass is 9.89. The van der Waals surface area contributed by atoms with Gasteiger partial charge in [-0.15, -0.1) is 0 Å². The number of aliphatic hydroxyl groups excluding tert-OH is 3. The van der Waals surface area contributed by atoms with Crippen molar-refractivity contribution in [1.82, 2.24) is 30.7 Å². The SMILES string of the molecule is CCC(C)[C@@H]([C@@H](CC(=O)N1CCC[C@H]1[C@H](OC)[C@@H](C)C(=O)NC(Cc1ccccc1)C(=O)O)OC)N(C)C(=O)[C@@H](NC(=O)[C@H](C(C)C)N(C)C(=O)OCc1cc(Br)c(O[C@@H]2O[C@H](C(=O)O)[C@@H](O)[C@H](O)[C@H]2O)c(C(=O)NCCON)c1)C(C)C. The topological polar surface area (TPSA) is 365 Å². The third kappa shape index (κ3) is 18.0. The van der Waals surface area contributed by atoms with E-state index in [4.69, 9.17) is 29.6 Å². The van der Waals surface area contributed by atoms with Crippen molar-refractivity contribution < 1.29 is 92.4 Å². The first-order chi connectivity index (χ1) is 39.1. The van der Waals surface area contributed by atoms with Crippen LogP contribution in [0.1, 0.15) is 95.6 Å². The number of nitrogens with zero attached hydrogens (tertiary/aromatic N) is 3. The average molecular weight is 1240 g/mol. The summed E-state index contributed by atoms with van der Waals surface area (Å²) in [6, 6.07) is 6.82. The number of likely N-dealkylation sites (N-methyl/N-ethyl adjacent to an activating group) is 2. The van der Waals surface area contributed by atoms with Gasteiger partial charge in [-0.25, -0.2) is 20.3 Å². The maximum atomic E-state index is 14.8. The number of carboxylic acid groups (broad SMARTS) is 2. The van der Waals surface area contributed by atoms with E-state index < -0.39 is 139 Å². The average Bonchev–Trinajstić information content (AvgIpc) is 4.07. The predicted octanol–water partition coefficient (Wildman–Crippen LogP) is 1.81. The normalized spacial score (nSPS) is 21.8. The van der Waals surface area contributed by atoms with Gasteiger partial charge in [-0.2, -0.15) is 0 Å². The van der Waals surface area contributed by atoms with E-state index in [-0.39, 0.29) is 59.2 Å². The molecule has 27 heteroatoms. The fourth-order valence-corrected chi connectivity index (χ4v) is 11.1. The second-order valence-corrected chi connectivity index (χ2v) is 22.6. The van der Waals surface area contributed by atoms with Crippen molar-refractivity contribution in [2.24, 2.45) is 29.6 Å². The van der Waals surface area contributed by atoms with E-state index in [1.807, 2.05) is 19.9 Å². The van der Waals surface area contributed by atoms with Crippen LogP contribution >= 0.6 is 15.9 Å². The molecule has 464 valence electrons. The number of aliphatic carboxylic acids is 2. The van der Waals surface area contributed by atoms with Crippen LogP contribution in [0.2, 0.25) is 0 Å². The van der Waals surface area contributed by atoms with E-state index in [0.29, 0.717) is 25.8 Å². The van der Waals surface area contributed by atoms with Crippen LogP contribution in [0.25, 0.3) is 0 Å². The molecule has 26 nitrogen and oxygen atoms in total. The number of carbonyl (C=O) groups excluding carboxylic acids is 6. The highest BCUT2D eigenvalue weighted by Gasteiger charge is 2.49. The lowest BCUT2D eigenvalue weighted by Gasteiger charge is -2.41. The van der Waals surface area contributed by atoms with E-state index >= 15 is 0 Å². The summed E-state index contributed by atoms with van der Waals surface area (Å²) >= 11 is 3.31. The molecule has 2 aliphatic heterocycles. The molecule has 2 unspecified atom stereocenters. The number of benzene rings is 2. The molecule has 14 atom stereocenters. The van der Waals surface area contributed by atoms with Gasteiger partial charge in [0.25, 0.3) is 5.91 Å². The molecule has 0 aromatic heterocycles. The minimum atomic E-state index is -2.02. The summed E-state index contributed by atoms with van der Waals surface area (Å²) in [5.74, 6) is -2.94. The maximum absolute atomic E-state index is 14.8. The molecule has 2 aromatic carbocycles. The van der Waals surface area contributed by atoms with Crippen LogP contribution in [0.3, 0.4) is 0 Å². The molecule has 10 N–H and O–H groups in total. The summed E-state index contributed by atoms with van der Waals surface area (Å²) in [6.07, 6.45) is -10.9. The number of hydrogen-bond acceptors (Lipinski definition) is 18. The Labute approximate surface area is 492 Å². The third-order valence-electron chi connectivity index (χ3n) is 15.3. The molecule has 0 bridgehead atoms. The molecule has 0 saturated carbocycles. The van der Waals surface area contributed by atoms with Crippen LogP contribution in [0, 0.1) is 23.7 Å². The predicted molar refractivity (Wildman–Crippen MR) is 301 cm³/mol. The van der Waals surface area contributed by atoms with Crippen molar-refractivity contribution in [2.45, 2.75) is 160 Å². The maximum Gasteiger partial charge on any atom is 0.410 e. The summed E-state index contributed by atoms with van der Waals surface area (Å²) in [6.45, 7) is 12.1. The van der Waals surface area contributed by atoms with Crippen LogP contribution < -0.4 is 26.6 Å². The van der Waals surface area contributed by atoms with E-state index in [1.54, 1.807) is 70.8 Å². The van der Waals surface area contributed by atoms with Gasteiger partial charge in [0.1, 0.15) is 48.8 Å². The fraction of sp³-hybridized carbons (Fsp3) is 0.643. The smallest absolute Gasteiger partial charge is 0.410 e. The van der Waals surface area contributed by atoms with Crippen molar-refractivity contribution in [3.63, 3.8) is 0 Å². The zero-order valence-corrected chi connectivity index (χ0v) is 50.5. The minimum absolute atomic E-state index is 0.0223. The fourth-order valence-electron chi connectivity index (χ4n) is 10.5. The minimum Gasteiger partial charge on any atom is -0.480 e. The molecule has 4 rings (SSSR count). The first kappa shape index (κ1) is 69.5. The molecule has 6 amide bonds. The highest BCUT2D eigenvalue weighted by Crippen LogP contribution is 2.36. The number of likely N-dealkylation sites (tertiary alicyclic amines) is 1. The lowest BCUT2D eigenvalue weighted by Crippen LogP contribution is -2.61. The number of aliphatic hydroxyl groups is 3. The number of nitrogens with two attached hydrogens (primary N) is 1. The van der Waals surface area contributed by atoms with E-state index in [2.05, 4.69) is 36.7 Å². The van der Waals surface area contributed by atoms with E-state index in [0.717, 1.165) is 10.5 Å². The Morgan fingerprint density at radius 1 is 0.855 bits per heavy atom. The lowest BCUT2D eigenvalue weighted by molar-refractivity contribution is -0.271.